The van der Waals surface area contributed by atoms with Gasteiger partial charge in [0.1, 0.15) is 0 Å². The Kier molecular flexibility index (Phi) is 3.58. The number of fused-ring (bicyclic) bond motifs is 1. The maximum absolute atomic E-state index is 12.3. The van der Waals surface area contributed by atoms with Crippen molar-refractivity contribution in [1.29, 1.82) is 0 Å². The Balaban J connectivity index is 1.94. The van der Waals surface area contributed by atoms with E-state index in [0.717, 1.165) is 22.9 Å². The van der Waals surface area contributed by atoms with Gasteiger partial charge in [-0.05, 0) is 18.2 Å². The van der Waals surface area contributed by atoms with Crippen molar-refractivity contribution in [1.82, 2.24) is 15.6 Å². The molecule has 2 heterocycles. The molecular weight excluding hydrogens is 322 g/mol. The molecule has 0 aliphatic carbocycles. The zero-order valence-electron chi connectivity index (χ0n) is 10.7. The molecule has 1 amide bonds. The van der Waals surface area contributed by atoms with Gasteiger partial charge in [-0.2, -0.15) is 0 Å². The van der Waals surface area contributed by atoms with Crippen molar-refractivity contribution in [2.75, 3.05) is 19.6 Å². The molecule has 3 N–H and O–H groups in total. The Morgan fingerprint density at radius 2 is 2.15 bits per heavy atom. The lowest BCUT2D eigenvalue weighted by atomic mass is 10.0. The predicted molar refractivity (Wildman–Crippen MR) is 81.0 cm³/mol. The van der Waals surface area contributed by atoms with E-state index in [-0.39, 0.29) is 11.5 Å². The first-order chi connectivity index (χ1) is 9.63. The molecule has 0 saturated carbocycles. The fourth-order valence-corrected chi connectivity index (χ4v) is 2.60. The number of H-pyrrole nitrogens is 1. The Morgan fingerprint density at radius 1 is 1.35 bits per heavy atom. The van der Waals surface area contributed by atoms with Gasteiger partial charge in [0.15, 0.2) is 0 Å². The molecular formula is C14H14BrN3O2. The number of carbonyl (C=O) groups excluding carboxylic acids is 1. The van der Waals surface area contributed by atoms with Crippen LogP contribution in [-0.2, 0) is 0 Å². The second-order valence-corrected chi connectivity index (χ2v) is 5.89. The summed E-state index contributed by atoms with van der Waals surface area (Å²) in [5, 5.41) is 6.79. The molecule has 104 valence electrons. The molecule has 3 rings (SSSR count). The van der Waals surface area contributed by atoms with Crippen LogP contribution in [0.1, 0.15) is 10.4 Å². The maximum atomic E-state index is 12.3. The van der Waals surface area contributed by atoms with E-state index in [2.05, 4.69) is 31.5 Å². The second-order valence-electron chi connectivity index (χ2n) is 4.97. The summed E-state index contributed by atoms with van der Waals surface area (Å²) in [6, 6.07) is 6.81. The Bertz CT molecular complexity index is 722. The van der Waals surface area contributed by atoms with Crippen LogP contribution in [-0.4, -0.2) is 30.5 Å². The minimum absolute atomic E-state index is 0.203. The smallest absolute Gasteiger partial charge is 0.252 e. The highest BCUT2D eigenvalue weighted by Gasteiger charge is 2.18. The molecule has 0 radical (unpaired) electrons. The highest BCUT2D eigenvalue weighted by atomic mass is 79.9. The van der Waals surface area contributed by atoms with Crippen LogP contribution in [0.4, 0.5) is 0 Å². The third kappa shape index (κ3) is 2.62. The van der Waals surface area contributed by atoms with Gasteiger partial charge in [-0.15, -0.1) is 0 Å². The predicted octanol–water partition coefficient (Wildman–Crippen LogP) is 1.24. The van der Waals surface area contributed by atoms with E-state index in [1.54, 1.807) is 6.07 Å². The maximum Gasteiger partial charge on any atom is 0.252 e. The number of amides is 1. The molecule has 1 fully saturated rings. The second kappa shape index (κ2) is 5.38. The number of nitrogens with one attached hydrogen (secondary N) is 3. The molecule has 5 nitrogen and oxygen atoms in total. The third-order valence-electron chi connectivity index (χ3n) is 3.47. The quantitative estimate of drug-likeness (QED) is 0.790. The number of rotatable bonds is 3. The molecule has 0 bridgehead atoms. The molecule has 0 atom stereocenters. The lowest BCUT2D eigenvalue weighted by Crippen LogP contribution is -2.48. The van der Waals surface area contributed by atoms with Crippen molar-refractivity contribution >= 4 is 32.7 Å². The molecule has 0 spiro atoms. The van der Waals surface area contributed by atoms with Crippen molar-refractivity contribution in [3.63, 3.8) is 0 Å². The van der Waals surface area contributed by atoms with Crippen LogP contribution in [0, 0.1) is 5.92 Å². The van der Waals surface area contributed by atoms with E-state index >= 15 is 0 Å². The number of hydrogen-bond donors (Lipinski definition) is 3. The van der Waals surface area contributed by atoms with E-state index < -0.39 is 0 Å². The van der Waals surface area contributed by atoms with Crippen molar-refractivity contribution in [3.8, 4) is 0 Å². The zero-order chi connectivity index (χ0) is 14.1. The number of hydrogen-bond acceptors (Lipinski definition) is 3. The number of pyridine rings is 1. The van der Waals surface area contributed by atoms with Crippen LogP contribution in [0.2, 0.25) is 0 Å². The molecule has 1 aliphatic heterocycles. The van der Waals surface area contributed by atoms with Gasteiger partial charge < -0.3 is 15.6 Å². The zero-order valence-corrected chi connectivity index (χ0v) is 12.3. The van der Waals surface area contributed by atoms with Gasteiger partial charge in [-0.25, -0.2) is 0 Å². The molecule has 2 aromatic rings. The largest absolute Gasteiger partial charge is 0.352 e. The summed E-state index contributed by atoms with van der Waals surface area (Å²) >= 11 is 3.38. The molecule has 20 heavy (non-hydrogen) atoms. The fourth-order valence-electron chi connectivity index (χ4n) is 2.24. The Labute approximate surface area is 123 Å². The first kappa shape index (κ1) is 13.3. The summed E-state index contributed by atoms with van der Waals surface area (Å²) in [5.74, 6) is 0.282. The fraction of sp³-hybridized carbons (Fsp3) is 0.286. The van der Waals surface area contributed by atoms with Gasteiger partial charge in [-0.3, -0.25) is 9.59 Å². The average Bonchev–Trinajstić information content (AvgIpc) is 2.36. The summed E-state index contributed by atoms with van der Waals surface area (Å²) in [6.45, 7) is 2.50. The van der Waals surface area contributed by atoms with Crippen LogP contribution < -0.4 is 16.2 Å². The molecule has 6 heteroatoms. The summed E-state index contributed by atoms with van der Waals surface area (Å²) in [6.07, 6.45) is 0. The van der Waals surface area contributed by atoms with Crippen molar-refractivity contribution < 1.29 is 4.79 Å². The van der Waals surface area contributed by atoms with Crippen molar-refractivity contribution in [3.05, 3.63) is 44.7 Å². The van der Waals surface area contributed by atoms with Crippen LogP contribution in [0.25, 0.3) is 10.9 Å². The van der Waals surface area contributed by atoms with Gasteiger partial charge in [-0.1, -0.05) is 15.9 Å². The average molecular weight is 336 g/mol. The van der Waals surface area contributed by atoms with Crippen molar-refractivity contribution in [2.45, 2.75) is 0 Å². The molecule has 1 aromatic heterocycles. The SMILES string of the molecule is O=C(NCC1CNC1)c1cc(=O)[nH]c2ccc(Br)cc12. The Morgan fingerprint density at radius 3 is 2.85 bits per heavy atom. The van der Waals surface area contributed by atoms with E-state index in [0.29, 0.717) is 23.5 Å². The van der Waals surface area contributed by atoms with E-state index in [9.17, 15) is 9.59 Å². The Hall–Kier alpha value is -1.66. The minimum atomic E-state index is -0.268. The number of benzene rings is 1. The standard InChI is InChI=1S/C14H14BrN3O2/c15-9-1-2-12-10(3-9)11(4-13(19)18-12)14(20)17-7-8-5-16-6-8/h1-4,8,16H,5-7H2,(H,17,20)(H,18,19). The van der Waals surface area contributed by atoms with E-state index in [1.807, 2.05) is 12.1 Å². The number of aromatic amines is 1. The van der Waals surface area contributed by atoms with Crippen molar-refractivity contribution in [2.24, 2.45) is 5.92 Å². The third-order valence-corrected chi connectivity index (χ3v) is 3.96. The number of halogens is 1. The van der Waals surface area contributed by atoms with Gasteiger partial charge >= 0.3 is 0 Å². The lowest BCUT2D eigenvalue weighted by molar-refractivity contribution is 0.0943. The van der Waals surface area contributed by atoms with Crippen LogP contribution in [0.5, 0.6) is 0 Å². The monoisotopic (exact) mass is 335 g/mol. The van der Waals surface area contributed by atoms with Gasteiger partial charge in [0.2, 0.25) is 5.56 Å². The summed E-state index contributed by atoms with van der Waals surface area (Å²) in [5.41, 5.74) is 0.809. The first-order valence-corrected chi connectivity index (χ1v) is 7.24. The molecule has 0 unspecified atom stereocenters. The molecule has 1 aromatic carbocycles. The number of aromatic nitrogens is 1. The van der Waals surface area contributed by atoms with Crippen LogP contribution in [0.15, 0.2) is 33.5 Å². The summed E-state index contributed by atoms with van der Waals surface area (Å²) in [7, 11) is 0. The first-order valence-electron chi connectivity index (χ1n) is 6.45. The lowest BCUT2D eigenvalue weighted by Gasteiger charge is -2.27. The highest BCUT2D eigenvalue weighted by Crippen LogP contribution is 2.20. The van der Waals surface area contributed by atoms with E-state index in [1.165, 1.54) is 6.07 Å². The minimum Gasteiger partial charge on any atom is -0.352 e. The topological polar surface area (TPSA) is 74.0 Å². The summed E-state index contributed by atoms with van der Waals surface area (Å²) < 4.78 is 0.870. The highest BCUT2D eigenvalue weighted by molar-refractivity contribution is 9.10. The van der Waals surface area contributed by atoms with Gasteiger partial charge in [0, 0.05) is 47.0 Å². The van der Waals surface area contributed by atoms with Crippen LogP contribution in [0.3, 0.4) is 0 Å². The normalized spacial score (nSPS) is 15.1. The van der Waals surface area contributed by atoms with E-state index in [4.69, 9.17) is 0 Å². The molecule has 1 aliphatic rings. The van der Waals surface area contributed by atoms with Gasteiger partial charge in [0.05, 0.1) is 5.56 Å². The van der Waals surface area contributed by atoms with Gasteiger partial charge in [0.25, 0.3) is 5.91 Å². The van der Waals surface area contributed by atoms with Crippen LogP contribution >= 0.6 is 15.9 Å². The summed E-state index contributed by atoms with van der Waals surface area (Å²) in [4.78, 5) is 26.6. The molecule has 1 saturated heterocycles. The number of carbonyl (C=O) groups is 1.